The van der Waals surface area contributed by atoms with Crippen LogP contribution in [-0.4, -0.2) is 29.0 Å². The number of amides is 1. The van der Waals surface area contributed by atoms with Gasteiger partial charge in [0.2, 0.25) is 5.91 Å². The van der Waals surface area contributed by atoms with Crippen molar-refractivity contribution in [3.8, 4) is 0 Å². The number of nitrogens with zero attached hydrogens (tertiary/aromatic N) is 2. The minimum absolute atomic E-state index is 0.0918. The third-order valence-corrected chi connectivity index (χ3v) is 4.54. The number of benzene rings is 2. The molecule has 0 N–H and O–H groups in total. The predicted octanol–water partition coefficient (Wildman–Crippen LogP) is 3.96. The van der Waals surface area contributed by atoms with Crippen LogP contribution >= 0.6 is 12.2 Å². The first-order valence-electron chi connectivity index (χ1n) is 7.82. The number of fused-ring (bicyclic) bond motifs is 1. The van der Waals surface area contributed by atoms with E-state index >= 15 is 0 Å². The van der Waals surface area contributed by atoms with E-state index in [1.54, 1.807) is 4.90 Å². The van der Waals surface area contributed by atoms with Crippen LogP contribution in [0.25, 0.3) is 10.8 Å². The van der Waals surface area contributed by atoms with Gasteiger partial charge in [0.15, 0.2) is 5.11 Å². The molecule has 3 rings (SSSR count). The van der Waals surface area contributed by atoms with Gasteiger partial charge < -0.3 is 4.90 Å². The smallest absolute Gasteiger partial charge is 0.235 e. The minimum Gasteiger partial charge on any atom is -0.348 e. The second-order valence-electron chi connectivity index (χ2n) is 5.60. The van der Waals surface area contributed by atoms with Crippen molar-refractivity contribution in [3.63, 3.8) is 0 Å². The quantitative estimate of drug-likeness (QED) is 0.798. The lowest BCUT2D eigenvalue weighted by atomic mass is 10.1. The average Bonchev–Trinajstić information content (AvgIpc) is 2.54. The third kappa shape index (κ3) is 2.71. The normalized spacial score (nSPS) is 15.7. The van der Waals surface area contributed by atoms with Crippen molar-refractivity contribution in [3.05, 3.63) is 42.5 Å². The Kier molecular flexibility index (Phi) is 4.39. The molecule has 1 saturated heterocycles. The number of anilines is 1. The van der Waals surface area contributed by atoms with Crippen molar-refractivity contribution in [2.24, 2.45) is 0 Å². The van der Waals surface area contributed by atoms with Crippen LogP contribution in [0.2, 0.25) is 0 Å². The van der Waals surface area contributed by atoms with E-state index < -0.39 is 0 Å². The fraction of sp³-hybridized carbons (Fsp3) is 0.333. The van der Waals surface area contributed by atoms with Gasteiger partial charge in [-0.2, -0.15) is 0 Å². The van der Waals surface area contributed by atoms with Crippen LogP contribution in [0, 0.1) is 0 Å². The van der Waals surface area contributed by atoms with Gasteiger partial charge in [0.25, 0.3) is 0 Å². The second kappa shape index (κ2) is 6.44. The van der Waals surface area contributed by atoms with Gasteiger partial charge in [-0.05, 0) is 30.1 Å². The highest BCUT2D eigenvalue weighted by Crippen LogP contribution is 2.29. The molecule has 2 aromatic rings. The van der Waals surface area contributed by atoms with Gasteiger partial charge in [-0.25, -0.2) is 0 Å². The molecule has 2 aromatic carbocycles. The van der Waals surface area contributed by atoms with Crippen molar-refractivity contribution < 1.29 is 4.79 Å². The van der Waals surface area contributed by atoms with Crippen molar-refractivity contribution in [2.75, 3.05) is 18.0 Å². The Morgan fingerprint density at radius 2 is 1.91 bits per heavy atom. The summed E-state index contributed by atoms with van der Waals surface area (Å²) in [6, 6.07) is 14.1. The number of hydrogen-bond acceptors (Lipinski definition) is 2. The zero-order chi connectivity index (χ0) is 15.5. The van der Waals surface area contributed by atoms with Gasteiger partial charge in [0.05, 0.1) is 5.69 Å². The second-order valence-corrected chi connectivity index (χ2v) is 5.97. The molecule has 0 saturated carbocycles. The number of carbonyl (C=O) groups excluding carboxylic acids is 1. The number of hydrogen-bond donors (Lipinski definition) is 0. The van der Waals surface area contributed by atoms with E-state index in [1.165, 1.54) is 0 Å². The Morgan fingerprint density at radius 1 is 1.14 bits per heavy atom. The third-order valence-electron chi connectivity index (χ3n) is 4.10. The molecule has 0 spiro atoms. The minimum atomic E-state index is 0.0918. The summed E-state index contributed by atoms with van der Waals surface area (Å²) in [5.41, 5.74) is 0.897. The molecule has 3 nitrogen and oxygen atoms in total. The molecule has 0 unspecified atom stereocenters. The molecule has 0 atom stereocenters. The summed E-state index contributed by atoms with van der Waals surface area (Å²) in [7, 11) is 0. The van der Waals surface area contributed by atoms with Crippen LogP contribution < -0.4 is 4.90 Å². The SMILES string of the molecule is CCCCN1CCC(=O)N(c2cccc3ccccc23)C1=S. The number of thiocarbonyl (C=S) groups is 1. The molecule has 0 radical (unpaired) electrons. The van der Waals surface area contributed by atoms with E-state index in [0.29, 0.717) is 11.5 Å². The highest BCUT2D eigenvalue weighted by atomic mass is 32.1. The van der Waals surface area contributed by atoms with E-state index in [0.717, 1.165) is 42.4 Å². The number of rotatable bonds is 4. The van der Waals surface area contributed by atoms with Crippen LogP contribution in [-0.2, 0) is 4.79 Å². The molecule has 0 aromatic heterocycles. The van der Waals surface area contributed by atoms with E-state index in [1.807, 2.05) is 30.3 Å². The average molecular weight is 312 g/mol. The van der Waals surface area contributed by atoms with Crippen molar-refractivity contribution in [1.29, 1.82) is 0 Å². The molecular formula is C18H20N2OS. The summed E-state index contributed by atoms with van der Waals surface area (Å²) in [5, 5.41) is 2.83. The fourth-order valence-corrected chi connectivity index (χ4v) is 3.27. The van der Waals surface area contributed by atoms with Gasteiger partial charge in [0.1, 0.15) is 0 Å². The molecule has 1 aliphatic rings. The first-order chi connectivity index (χ1) is 10.7. The zero-order valence-corrected chi connectivity index (χ0v) is 13.6. The maximum atomic E-state index is 12.5. The van der Waals surface area contributed by atoms with Crippen LogP contribution in [0.1, 0.15) is 26.2 Å². The van der Waals surface area contributed by atoms with E-state index in [2.05, 4.69) is 24.0 Å². The van der Waals surface area contributed by atoms with Gasteiger partial charge in [-0.3, -0.25) is 9.69 Å². The van der Waals surface area contributed by atoms with E-state index in [9.17, 15) is 4.79 Å². The molecule has 1 fully saturated rings. The lowest BCUT2D eigenvalue weighted by Gasteiger charge is -2.37. The molecule has 0 aliphatic carbocycles. The van der Waals surface area contributed by atoms with Crippen LogP contribution in [0.15, 0.2) is 42.5 Å². The summed E-state index contributed by atoms with van der Waals surface area (Å²) >= 11 is 5.61. The predicted molar refractivity (Wildman–Crippen MR) is 95.1 cm³/mol. The summed E-state index contributed by atoms with van der Waals surface area (Å²) in [6.45, 7) is 3.82. The zero-order valence-electron chi connectivity index (χ0n) is 12.8. The van der Waals surface area contributed by atoms with Gasteiger partial charge in [-0.1, -0.05) is 49.7 Å². The molecule has 0 bridgehead atoms. The van der Waals surface area contributed by atoms with Crippen LogP contribution in [0.5, 0.6) is 0 Å². The largest absolute Gasteiger partial charge is 0.348 e. The van der Waals surface area contributed by atoms with Gasteiger partial charge >= 0.3 is 0 Å². The monoisotopic (exact) mass is 312 g/mol. The lowest BCUT2D eigenvalue weighted by molar-refractivity contribution is -0.118. The van der Waals surface area contributed by atoms with E-state index in [-0.39, 0.29) is 5.91 Å². The molecule has 114 valence electrons. The molecule has 4 heteroatoms. The standard InChI is InChI=1S/C18H20N2OS/c1-2-3-12-19-13-11-17(21)20(18(19)22)16-10-6-8-14-7-4-5-9-15(14)16/h4-10H,2-3,11-13H2,1H3. The maximum absolute atomic E-state index is 12.5. The van der Waals surface area contributed by atoms with Gasteiger partial charge in [-0.15, -0.1) is 0 Å². The molecule has 1 amide bonds. The molecular weight excluding hydrogens is 292 g/mol. The summed E-state index contributed by atoms with van der Waals surface area (Å²) in [5.74, 6) is 0.0918. The Hall–Kier alpha value is -1.94. The lowest BCUT2D eigenvalue weighted by Crippen LogP contribution is -2.52. The highest BCUT2D eigenvalue weighted by molar-refractivity contribution is 7.80. The number of carbonyl (C=O) groups is 1. The van der Waals surface area contributed by atoms with Crippen LogP contribution in [0.4, 0.5) is 5.69 Å². The summed E-state index contributed by atoms with van der Waals surface area (Å²) < 4.78 is 0. The first-order valence-corrected chi connectivity index (χ1v) is 8.23. The Balaban J connectivity index is 2.00. The molecule has 1 heterocycles. The topological polar surface area (TPSA) is 23.6 Å². The molecule has 1 aliphatic heterocycles. The Labute approximate surface area is 136 Å². The Bertz CT molecular complexity index is 708. The Morgan fingerprint density at radius 3 is 2.73 bits per heavy atom. The molecule has 22 heavy (non-hydrogen) atoms. The summed E-state index contributed by atoms with van der Waals surface area (Å²) in [6.07, 6.45) is 2.74. The van der Waals surface area contributed by atoms with Crippen molar-refractivity contribution in [1.82, 2.24) is 4.90 Å². The fourth-order valence-electron chi connectivity index (χ4n) is 2.88. The van der Waals surface area contributed by atoms with Crippen molar-refractivity contribution in [2.45, 2.75) is 26.2 Å². The summed E-state index contributed by atoms with van der Waals surface area (Å²) in [4.78, 5) is 16.4. The highest BCUT2D eigenvalue weighted by Gasteiger charge is 2.30. The number of unbranched alkanes of at least 4 members (excludes halogenated alkanes) is 1. The van der Waals surface area contributed by atoms with Gasteiger partial charge in [0, 0.05) is 24.9 Å². The first kappa shape index (κ1) is 15.0. The van der Waals surface area contributed by atoms with Crippen molar-refractivity contribution >= 4 is 39.7 Å². The maximum Gasteiger partial charge on any atom is 0.235 e. The van der Waals surface area contributed by atoms with E-state index in [4.69, 9.17) is 12.2 Å². The van der Waals surface area contributed by atoms with Crippen LogP contribution in [0.3, 0.4) is 0 Å².